The SMILES string of the molecule is CCCCCCCCCCCc1ccc(CCCCCCCCCCC)c2cc(S(=O)(=O)O)ccc12. The van der Waals surface area contributed by atoms with Crippen LogP contribution in [0.4, 0.5) is 0 Å². The molecule has 0 spiro atoms. The van der Waals surface area contributed by atoms with Crippen LogP contribution in [0.25, 0.3) is 10.8 Å². The molecular weight excluding hydrogens is 464 g/mol. The number of benzene rings is 2. The van der Waals surface area contributed by atoms with E-state index in [1.165, 1.54) is 120 Å². The van der Waals surface area contributed by atoms with Gasteiger partial charge in [0.1, 0.15) is 0 Å². The van der Waals surface area contributed by atoms with Gasteiger partial charge in [-0.3, -0.25) is 4.55 Å². The van der Waals surface area contributed by atoms with Crippen molar-refractivity contribution in [1.29, 1.82) is 0 Å². The van der Waals surface area contributed by atoms with Gasteiger partial charge in [-0.1, -0.05) is 135 Å². The molecule has 204 valence electrons. The lowest BCUT2D eigenvalue weighted by atomic mass is 9.93. The van der Waals surface area contributed by atoms with Gasteiger partial charge in [0.05, 0.1) is 4.90 Å². The number of aryl methyl sites for hydroxylation is 2. The molecule has 0 unspecified atom stereocenters. The molecule has 0 heterocycles. The second kappa shape index (κ2) is 18.0. The first kappa shape index (κ1) is 30.8. The van der Waals surface area contributed by atoms with E-state index in [1.807, 2.05) is 6.07 Å². The zero-order valence-electron chi connectivity index (χ0n) is 23.2. The molecule has 0 aliphatic carbocycles. The van der Waals surface area contributed by atoms with Gasteiger partial charge in [-0.05, 0) is 59.7 Å². The summed E-state index contributed by atoms with van der Waals surface area (Å²) in [4.78, 5) is 0.00329. The Balaban J connectivity index is 1.91. The lowest BCUT2D eigenvalue weighted by Gasteiger charge is -2.13. The highest BCUT2D eigenvalue weighted by atomic mass is 32.2. The number of unbranched alkanes of at least 4 members (excludes halogenated alkanes) is 16. The minimum absolute atomic E-state index is 0.00329. The van der Waals surface area contributed by atoms with E-state index in [9.17, 15) is 13.0 Å². The summed E-state index contributed by atoms with van der Waals surface area (Å²) >= 11 is 0. The van der Waals surface area contributed by atoms with Crippen LogP contribution in [0.15, 0.2) is 35.2 Å². The molecule has 36 heavy (non-hydrogen) atoms. The first-order valence-electron chi connectivity index (χ1n) is 15.0. The molecular formula is C32H52O3S. The van der Waals surface area contributed by atoms with Crippen LogP contribution in [0.2, 0.25) is 0 Å². The van der Waals surface area contributed by atoms with E-state index in [1.54, 1.807) is 12.1 Å². The Bertz CT molecular complexity index is 965. The minimum Gasteiger partial charge on any atom is -0.282 e. The maximum absolute atomic E-state index is 11.8. The van der Waals surface area contributed by atoms with Crippen molar-refractivity contribution in [3.8, 4) is 0 Å². The van der Waals surface area contributed by atoms with Crippen LogP contribution in [-0.4, -0.2) is 13.0 Å². The van der Waals surface area contributed by atoms with Crippen molar-refractivity contribution in [2.24, 2.45) is 0 Å². The van der Waals surface area contributed by atoms with Crippen molar-refractivity contribution in [2.45, 2.75) is 147 Å². The Hall–Kier alpha value is -1.39. The number of fused-ring (bicyclic) bond motifs is 1. The van der Waals surface area contributed by atoms with E-state index in [2.05, 4.69) is 26.0 Å². The molecule has 2 aromatic carbocycles. The summed E-state index contributed by atoms with van der Waals surface area (Å²) in [6, 6.07) is 9.60. The summed E-state index contributed by atoms with van der Waals surface area (Å²) in [5.41, 5.74) is 2.50. The standard InChI is InChI=1S/C32H52O3S/c1-3-5-7-9-11-13-15-17-19-21-28-23-24-29(22-20-18-16-14-12-10-8-6-4-2)32-27-30(36(33,34)35)25-26-31(28)32/h23-27H,3-22H2,1-2H3,(H,33,34,35). The molecule has 0 fully saturated rings. The van der Waals surface area contributed by atoms with Gasteiger partial charge < -0.3 is 0 Å². The van der Waals surface area contributed by atoms with Gasteiger partial charge in [0.25, 0.3) is 10.1 Å². The molecule has 0 bridgehead atoms. The first-order chi connectivity index (χ1) is 17.5. The van der Waals surface area contributed by atoms with Gasteiger partial charge in [0, 0.05) is 0 Å². The van der Waals surface area contributed by atoms with Crippen LogP contribution < -0.4 is 0 Å². The Morgan fingerprint density at radius 2 is 0.917 bits per heavy atom. The molecule has 1 N–H and O–H groups in total. The number of hydrogen-bond donors (Lipinski definition) is 1. The Labute approximate surface area is 222 Å². The predicted octanol–water partition coefficient (Wildman–Crippen LogP) is 10.2. The lowest BCUT2D eigenvalue weighted by molar-refractivity contribution is 0.483. The molecule has 2 aromatic rings. The van der Waals surface area contributed by atoms with E-state index in [0.29, 0.717) is 0 Å². The van der Waals surface area contributed by atoms with E-state index >= 15 is 0 Å². The Morgan fingerprint density at radius 1 is 0.528 bits per heavy atom. The number of hydrogen-bond acceptors (Lipinski definition) is 2. The largest absolute Gasteiger partial charge is 0.294 e. The summed E-state index contributed by atoms with van der Waals surface area (Å²) < 4.78 is 33.2. The van der Waals surface area contributed by atoms with Crippen molar-refractivity contribution in [2.75, 3.05) is 0 Å². The summed E-state index contributed by atoms with van der Waals surface area (Å²) in [5.74, 6) is 0. The quantitative estimate of drug-likeness (QED) is 0.133. The highest BCUT2D eigenvalue weighted by Crippen LogP contribution is 2.29. The van der Waals surface area contributed by atoms with E-state index in [0.717, 1.165) is 30.0 Å². The van der Waals surface area contributed by atoms with Crippen LogP contribution in [0, 0.1) is 0 Å². The molecule has 0 aromatic heterocycles. The Kier molecular flexibility index (Phi) is 15.4. The molecule has 0 aliphatic heterocycles. The second-order valence-corrected chi connectivity index (χ2v) is 12.1. The van der Waals surface area contributed by atoms with Crippen LogP contribution in [-0.2, 0) is 23.0 Å². The fourth-order valence-electron chi connectivity index (χ4n) is 5.30. The third-order valence-electron chi connectivity index (χ3n) is 7.57. The van der Waals surface area contributed by atoms with Crippen molar-refractivity contribution in [3.05, 3.63) is 41.5 Å². The third kappa shape index (κ3) is 11.8. The van der Waals surface area contributed by atoms with Crippen molar-refractivity contribution in [3.63, 3.8) is 0 Å². The van der Waals surface area contributed by atoms with Gasteiger partial charge in [-0.25, -0.2) is 0 Å². The Morgan fingerprint density at radius 3 is 1.33 bits per heavy atom. The van der Waals surface area contributed by atoms with Gasteiger partial charge >= 0.3 is 0 Å². The monoisotopic (exact) mass is 516 g/mol. The highest BCUT2D eigenvalue weighted by molar-refractivity contribution is 7.85. The molecule has 4 heteroatoms. The fourth-order valence-corrected chi connectivity index (χ4v) is 5.81. The topological polar surface area (TPSA) is 54.4 Å². The molecule has 0 saturated carbocycles. The predicted molar refractivity (Wildman–Crippen MR) is 156 cm³/mol. The summed E-state index contributed by atoms with van der Waals surface area (Å²) in [6.07, 6.45) is 25.4. The van der Waals surface area contributed by atoms with Gasteiger partial charge in [0.15, 0.2) is 0 Å². The van der Waals surface area contributed by atoms with Gasteiger partial charge in [-0.15, -0.1) is 0 Å². The summed E-state index contributed by atoms with van der Waals surface area (Å²) in [6.45, 7) is 4.52. The molecule has 3 nitrogen and oxygen atoms in total. The maximum Gasteiger partial charge on any atom is 0.294 e. The molecule has 0 atom stereocenters. The maximum atomic E-state index is 11.8. The molecule has 0 radical (unpaired) electrons. The van der Waals surface area contributed by atoms with Crippen LogP contribution in [0.1, 0.15) is 141 Å². The van der Waals surface area contributed by atoms with Gasteiger partial charge in [-0.2, -0.15) is 8.42 Å². The summed E-state index contributed by atoms with van der Waals surface area (Å²) in [7, 11) is -4.20. The van der Waals surface area contributed by atoms with E-state index in [-0.39, 0.29) is 4.90 Å². The molecule has 0 saturated heterocycles. The zero-order chi connectivity index (χ0) is 26.1. The summed E-state index contributed by atoms with van der Waals surface area (Å²) in [5, 5.41) is 2.15. The van der Waals surface area contributed by atoms with Gasteiger partial charge in [0.2, 0.25) is 0 Å². The lowest BCUT2D eigenvalue weighted by Crippen LogP contribution is -2.00. The number of rotatable bonds is 21. The van der Waals surface area contributed by atoms with E-state index in [4.69, 9.17) is 0 Å². The highest BCUT2D eigenvalue weighted by Gasteiger charge is 2.13. The van der Waals surface area contributed by atoms with E-state index < -0.39 is 10.1 Å². The molecule has 0 amide bonds. The average Bonchev–Trinajstić information content (AvgIpc) is 2.86. The van der Waals surface area contributed by atoms with Crippen molar-refractivity contribution < 1.29 is 13.0 Å². The minimum atomic E-state index is -4.20. The van der Waals surface area contributed by atoms with Crippen molar-refractivity contribution >= 4 is 20.9 Å². The fraction of sp³-hybridized carbons (Fsp3) is 0.688. The normalized spacial score (nSPS) is 12.0. The zero-order valence-corrected chi connectivity index (χ0v) is 24.0. The van der Waals surface area contributed by atoms with Crippen LogP contribution in [0.3, 0.4) is 0 Å². The third-order valence-corrected chi connectivity index (χ3v) is 8.42. The first-order valence-corrected chi connectivity index (χ1v) is 16.4. The second-order valence-electron chi connectivity index (χ2n) is 10.7. The molecule has 2 rings (SSSR count). The molecule has 0 aliphatic rings. The smallest absolute Gasteiger partial charge is 0.282 e. The van der Waals surface area contributed by atoms with Crippen LogP contribution >= 0.6 is 0 Å². The average molecular weight is 517 g/mol. The van der Waals surface area contributed by atoms with Crippen molar-refractivity contribution in [1.82, 2.24) is 0 Å². The van der Waals surface area contributed by atoms with Crippen LogP contribution in [0.5, 0.6) is 0 Å².